The fraction of sp³-hybridized carbons (Fsp3) is 0.300. The van der Waals surface area contributed by atoms with Crippen LogP contribution in [0.5, 0.6) is 5.88 Å². The summed E-state index contributed by atoms with van der Waals surface area (Å²) in [4.78, 5) is 29.9. The molecule has 1 aliphatic heterocycles. The monoisotopic (exact) mass is 395 g/mol. The number of aliphatic imine (C=N–C) groups is 1. The minimum absolute atomic E-state index is 0.0739. The molecule has 0 aromatic carbocycles. The molecule has 4 heterocycles. The van der Waals surface area contributed by atoms with Crippen molar-refractivity contribution in [1.29, 1.82) is 0 Å². The number of aromatic hydroxyl groups is 1. The smallest absolute Gasteiger partial charge is 0.339 e. The minimum atomic E-state index is -0.464. The van der Waals surface area contributed by atoms with E-state index < -0.39 is 5.97 Å². The zero-order chi connectivity index (χ0) is 20.2. The molecule has 1 fully saturated rings. The predicted octanol–water partition coefficient (Wildman–Crippen LogP) is 2.43. The van der Waals surface area contributed by atoms with Crippen LogP contribution in [0, 0.1) is 0 Å². The first-order valence-corrected chi connectivity index (χ1v) is 9.36. The van der Waals surface area contributed by atoms with E-state index in [-0.39, 0.29) is 12.5 Å². The van der Waals surface area contributed by atoms with Crippen LogP contribution in [0.2, 0.25) is 0 Å². The van der Waals surface area contributed by atoms with Crippen LogP contribution in [0.25, 0.3) is 11.0 Å². The maximum atomic E-state index is 12.0. The van der Waals surface area contributed by atoms with E-state index in [0.717, 1.165) is 18.9 Å². The van der Waals surface area contributed by atoms with Gasteiger partial charge >= 0.3 is 5.97 Å². The molecule has 3 aromatic rings. The molecule has 29 heavy (non-hydrogen) atoms. The van der Waals surface area contributed by atoms with Crippen molar-refractivity contribution in [2.24, 2.45) is 4.99 Å². The summed E-state index contributed by atoms with van der Waals surface area (Å²) in [5.41, 5.74) is 1.85. The molecular formula is C20H21N5O4. The SMILES string of the molecule is CCOC(=O)c1cnc2[nH]c(O)c(C=Nc3ccc(N4CCOCC4)nc3)c2c1. The molecule has 0 radical (unpaired) electrons. The van der Waals surface area contributed by atoms with Crippen molar-refractivity contribution in [2.75, 3.05) is 37.8 Å². The molecular weight excluding hydrogens is 374 g/mol. The second-order valence-electron chi connectivity index (χ2n) is 6.46. The lowest BCUT2D eigenvalue weighted by atomic mass is 10.2. The Labute approximate surface area is 167 Å². The number of nitrogens with one attached hydrogen (secondary N) is 1. The summed E-state index contributed by atoms with van der Waals surface area (Å²) < 4.78 is 10.4. The van der Waals surface area contributed by atoms with Gasteiger partial charge in [0, 0.05) is 30.9 Å². The normalized spacial score (nSPS) is 14.6. The second kappa shape index (κ2) is 8.27. The van der Waals surface area contributed by atoms with Gasteiger partial charge in [-0.15, -0.1) is 0 Å². The van der Waals surface area contributed by atoms with Gasteiger partial charge in [-0.05, 0) is 25.1 Å². The molecule has 150 valence electrons. The van der Waals surface area contributed by atoms with E-state index in [0.29, 0.717) is 41.1 Å². The molecule has 1 saturated heterocycles. The highest BCUT2D eigenvalue weighted by atomic mass is 16.5. The van der Waals surface area contributed by atoms with Crippen molar-refractivity contribution in [3.63, 3.8) is 0 Å². The van der Waals surface area contributed by atoms with E-state index in [9.17, 15) is 9.90 Å². The summed E-state index contributed by atoms with van der Waals surface area (Å²) >= 11 is 0. The zero-order valence-electron chi connectivity index (χ0n) is 16.0. The maximum Gasteiger partial charge on any atom is 0.339 e. The summed E-state index contributed by atoms with van der Waals surface area (Å²) in [6.07, 6.45) is 4.61. The van der Waals surface area contributed by atoms with Gasteiger partial charge in [-0.3, -0.25) is 4.99 Å². The van der Waals surface area contributed by atoms with Gasteiger partial charge in [-0.1, -0.05) is 0 Å². The lowest BCUT2D eigenvalue weighted by Gasteiger charge is -2.27. The quantitative estimate of drug-likeness (QED) is 0.504. The topological polar surface area (TPSA) is 113 Å². The number of pyridine rings is 2. The number of hydrogen-bond donors (Lipinski definition) is 2. The number of aromatic nitrogens is 3. The molecule has 0 spiro atoms. The molecule has 0 atom stereocenters. The second-order valence-corrected chi connectivity index (χ2v) is 6.46. The fourth-order valence-corrected chi connectivity index (χ4v) is 3.11. The molecule has 4 rings (SSSR count). The summed E-state index contributed by atoms with van der Waals surface area (Å²) in [7, 11) is 0. The molecule has 3 aromatic heterocycles. The van der Waals surface area contributed by atoms with E-state index in [2.05, 4.69) is 24.8 Å². The maximum absolute atomic E-state index is 12.0. The average Bonchev–Trinajstić information content (AvgIpc) is 3.07. The van der Waals surface area contributed by atoms with Crippen molar-refractivity contribution in [3.8, 4) is 5.88 Å². The van der Waals surface area contributed by atoms with Crippen LogP contribution in [0.1, 0.15) is 22.8 Å². The van der Waals surface area contributed by atoms with Gasteiger partial charge in [0.1, 0.15) is 11.5 Å². The Morgan fingerprint density at radius 2 is 2.17 bits per heavy atom. The number of morpholine rings is 1. The minimum Gasteiger partial charge on any atom is -0.494 e. The Balaban J connectivity index is 1.57. The van der Waals surface area contributed by atoms with E-state index in [1.807, 2.05) is 12.1 Å². The molecule has 0 saturated carbocycles. The number of fused-ring (bicyclic) bond motifs is 1. The number of carbonyl (C=O) groups is 1. The Bertz CT molecular complexity index is 1040. The number of carbonyl (C=O) groups excluding carboxylic acids is 1. The van der Waals surface area contributed by atoms with Crippen LogP contribution >= 0.6 is 0 Å². The lowest BCUT2D eigenvalue weighted by molar-refractivity contribution is 0.0526. The van der Waals surface area contributed by atoms with Gasteiger partial charge in [0.25, 0.3) is 0 Å². The van der Waals surface area contributed by atoms with Crippen molar-refractivity contribution in [3.05, 3.63) is 41.7 Å². The van der Waals surface area contributed by atoms with Crippen molar-refractivity contribution in [2.45, 2.75) is 6.92 Å². The van der Waals surface area contributed by atoms with Gasteiger partial charge in [-0.2, -0.15) is 0 Å². The lowest BCUT2D eigenvalue weighted by Crippen LogP contribution is -2.36. The van der Waals surface area contributed by atoms with Gasteiger partial charge < -0.3 is 24.5 Å². The third kappa shape index (κ3) is 4.04. The van der Waals surface area contributed by atoms with Gasteiger partial charge in [0.15, 0.2) is 5.88 Å². The predicted molar refractivity (Wildman–Crippen MR) is 108 cm³/mol. The third-order valence-corrected chi connectivity index (χ3v) is 4.59. The first kappa shape index (κ1) is 18.9. The first-order chi connectivity index (χ1) is 14.2. The molecule has 0 bridgehead atoms. The first-order valence-electron chi connectivity index (χ1n) is 9.36. The van der Waals surface area contributed by atoms with Crippen LogP contribution in [-0.4, -0.2) is 65.2 Å². The van der Waals surface area contributed by atoms with Crippen LogP contribution in [-0.2, 0) is 9.47 Å². The Kier molecular flexibility index (Phi) is 5.39. The highest BCUT2D eigenvalue weighted by molar-refractivity contribution is 6.03. The fourth-order valence-electron chi connectivity index (χ4n) is 3.11. The number of aromatic amines is 1. The highest BCUT2D eigenvalue weighted by Crippen LogP contribution is 2.26. The summed E-state index contributed by atoms with van der Waals surface area (Å²) in [5, 5.41) is 10.8. The van der Waals surface area contributed by atoms with Gasteiger partial charge in [0.05, 0.1) is 42.8 Å². The molecule has 9 nitrogen and oxygen atoms in total. The van der Waals surface area contributed by atoms with Crippen LogP contribution in [0.4, 0.5) is 11.5 Å². The summed E-state index contributed by atoms with van der Waals surface area (Å²) in [6.45, 7) is 5.04. The number of H-pyrrole nitrogens is 1. The summed E-state index contributed by atoms with van der Waals surface area (Å²) in [6, 6.07) is 5.40. The van der Waals surface area contributed by atoms with E-state index in [1.165, 1.54) is 12.4 Å². The number of rotatable bonds is 5. The van der Waals surface area contributed by atoms with Gasteiger partial charge in [-0.25, -0.2) is 14.8 Å². The van der Waals surface area contributed by atoms with E-state index in [1.54, 1.807) is 19.2 Å². The molecule has 1 aliphatic rings. The molecule has 2 N–H and O–H groups in total. The Morgan fingerprint density at radius 3 is 2.90 bits per heavy atom. The highest BCUT2D eigenvalue weighted by Gasteiger charge is 2.15. The van der Waals surface area contributed by atoms with Gasteiger partial charge in [0.2, 0.25) is 0 Å². The standard InChI is InChI=1S/C20H21N5O4/c1-2-29-20(27)13-9-15-16(19(26)24-18(15)23-10-13)12-21-14-3-4-17(22-11-14)25-5-7-28-8-6-25/h3-4,9-12,26H,2,5-8H2,1H3,(H,23,24). The Morgan fingerprint density at radius 1 is 1.34 bits per heavy atom. The molecule has 9 heteroatoms. The third-order valence-electron chi connectivity index (χ3n) is 4.59. The summed E-state index contributed by atoms with van der Waals surface area (Å²) in [5.74, 6) is 0.342. The van der Waals surface area contributed by atoms with Crippen molar-refractivity contribution >= 4 is 34.7 Å². The van der Waals surface area contributed by atoms with Crippen molar-refractivity contribution in [1.82, 2.24) is 15.0 Å². The van der Waals surface area contributed by atoms with E-state index >= 15 is 0 Å². The number of anilines is 1. The van der Waals surface area contributed by atoms with Crippen LogP contribution in [0.15, 0.2) is 35.6 Å². The number of nitrogens with zero attached hydrogens (tertiary/aromatic N) is 4. The van der Waals surface area contributed by atoms with Crippen molar-refractivity contribution < 1.29 is 19.4 Å². The van der Waals surface area contributed by atoms with Crippen LogP contribution in [0.3, 0.4) is 0 Å². The number of ether oxygens (including phenoxy) is 2. The Hall–Kier alpha value is -3.46. The molecule has 0 unspecified atom stereocenters. The average molecular weight is 395 g/mol. The zero-order valence-corrected chi connectivity index (χ0v) is 16.0. The molecule has 0 aliphatic carbocycles. The number of hydrogen-bond acceptors (Lipinski definition) is 8. The van der Waals surface area contributed by atoms with Crippen LogP contribution < -0.4 is 4.90 Å². The largest absolute Gasteiger partial charge is 0.494 e. The van der Waals surface area contributed by atoms with E-state index in [4.69, 9.17) is 9.47 Å². The number of esters is 1. The molecule has 0 amide bonds.